The van der Waals surface area contributed by atoms with Crippen LogP contribution in [0.5, 0.6) is 34.5 Å². The van der Waals surface area contributed by atoms with Crippen LogP contribution in [0.4, 0.5) is 45.5 Å². The zero-order valence-electron chi connectivity index (χ0n) is 67.8. The standard InChI is InChI=1S/C21H22N4O.C20H23N7O.2C11H18N4.C10H10O2.C9H11N3O2.2C2H6/c1-3-14-26-18-7-4-16(5-8-18)21-22-19-9-6-17(15-20(19)23-21)25-12-10-24(2)11-13-25;1-26-9-11-27(12-10-26)16-4-7-18-19(14-16)24-20(23-18)15-2-5-17(6-3-15)28-13-8-22-25-21;2*1-14-4-6-15(7-5-14)9-2-3-10(12)11(13)8-9;1-3-8-12-10-6-4-9(11-2)5-7-10;1-13-8-2-4-9(5-3-8)14-7-6-11-12-10;2*1-2/h1,4-9,15H,10-14H2,2H3,(H,22,23);2-7,14H,8-13H2,1H3,(H,23,24);2*2-3,8H,4-7,12-13H2,1H3;1,4-7H,8H2,2H3;2-5H,6-7H2,1H3;2*1-2H3. The minimum Gasteiger partial charge on any atom is -0.497 e. The Balaban J connectivity index is 0.000000193. The lowest BCUT2D eigenvalue weighted by Crippen LogP contribution is -2.44. The first-order chi connectivity index (χ1) is 55.5. The number of piperazine rings is 4. The number of hydrogen-bond donors (Lipinski definition) is 6. The SMILES string of the molecule is C#CCOc1ccc(-c2nc3ccc(N4CCN(C)CC4)cc3[nH]2)cc1.C#CCOc1ccc(OC)cc1.CC.CC.CN1CCN(c2ccc(N)c(N)c2)CC1.CN1CCN(c2ccc(N)c(N)c2)CC1.CN1CCN(c2ccc3nc(-c4ccc(OCCN=[N+]=[N-])cc4)[nH]c3c2)CC1.COc1ccc(OCCN=[N+]=[N-])cc1. The van der Waals surface area contributed by atoms with Gasteiger partial charge in [0.05, 0.1) is 85.3 Å². The molecule has 0 amide bonds. The van der Waals surface area contributed by atoms with Crippen molar-refractivity contribution in [2.24, 2.45) is 10.2 Å². The van der Waals surface area contributed by atoms with Crippen LogP contribution in [0.1, 0.15) is 27.7 Å². The van der Waals surface area contributed by atoms with Gasteiger partial charge in [0.25, 0.3) is 0 Å². The number of nitrogens with two attached hydrogens (primary N) is 4. The number of rotatable bonds is 20. The number of methoxy groups -OCH3 is 2. The van der Waals surface area contributed by atoms with Gasteiger partial charge in [-0.2, -0.15) is 0 Å². The third kappa shape index (κ3) is 28.7. The zero-order valence-corrected chi connectivity index (χ0v) is 67.8. The molecule has 4 saturated heterocycles. The van der Waals surface area contributed by atoms with E-state index >= 15 is 0 Å². The lowest BCUT2D eigenvalue weighted by Gasteiger charge is -2.34. The number of ether oxygens (including phenoxy) is 6. The number of aromatic amines is 2. The number of fused-ring (bicyclic) bond motifs is 2. The summed E-state index contributed by atoms with van der Waals surface area (Å²) in [6, 6.07) is 54.7. The molecule has 114 heavy (non-hydrogen) atoms. The molecule has 0 bridgehead atoms. The Hall–Kier alpha value is -12.5. The number of hydrogen-bond acceptors (Lipinski definition) is 22. The quantitative estimate of drug-likeness (QED) is 0.0103. The third-order valence-corrected chi connectivity index (χ3v) is 18.6. The Morgan fingerprint density at radius 3 is 0.930 bits per heavy atom. The fraction of sp³-hybridized carbons (Fsp3) is 0.372. The van der Waals surface area contributed by atoms with Gasteiger partial charge in [0.1, 0.15) is 59.4 Å². The van der Waals surface area contributed by atoms with Crippen LogP contribution in [0.2, 0.25) is 0 Å². The summed E-state index contributed by atoms with van der Waals surface area (Å²) in [5.74, 6) is 11.1. The van der Waals surface area contributed by atoms with E-state index in [1.807, 2.05) is 149 Å². The van der Waals surface area contributed by atoms with Crippen molar-refractivity contribution in [3.05, 3.63) is 191 Å². The first-order valence-electron chi connectivity index (χ1n) is 38.4. The number of imidazole rings is 2. The number of H-pyrrole nitrogens is 2. The van der Waals surface area contributed by atoms with Crippen molar-refractivity contribution in [3.63, 3.8) is 0 Å². The number of anilines is 8. The van der Waals surface area contributed by atoms with Gasteiger partial charge < -0.3 is 101 Å². The van der Waals surface area contributed by atoms with Crippen molar-refractivity contribution in [2.45, 2.75) is 27.7 Å². The summed E-state index contributed by atoms with van der Waals surface area (Å²) < 4.78 is 31.4. The van der Waals surface area contributed by atoms with E-state index in [2.05, 4.69) is 146 Å². The van der Waals surface area contributed by atoms with E-state index in [-0.39, 0.29) is 6.61 Å². The van der Waals surface area contributed by atoms with Crippen LogP contribution in [0.3, 0.4) is 0 Å². The van der Waals surface area contributed by atoms with Crippen molar-refractivity contribution in [1.29, 1.82) is 0 Å². The number of terminal acetylenes is 2. The number of likely N-dealkylation sites (N-methyl/N-ethyl adjacent to an activating group) is 4. The Morgan fingerprint density at radius 1 is 0.377 bits per heavy atom. The number of nitrogens with one attached hydrogen (secondary N) is 2. The summed E-state index contributed by atoms with van der Waals surface area (Å²) in [6.07, 6.45) is 10.3. The molecular weight excluding hydrogens is 1440 g/mol. The van der Waals surface area contributed by atoms with Gasteiger partial charge in [-0.25, -0.2) is 9.97 Å². The van der Waals surface area contributed by atoms with Gasteiger partial charge in [0.15, 0.2) is 0 Å². The maximum atomic E-state index is 8.28. The Morgan fingerprint density at radius 2 is 0.649 bits per heavy atom. The molecule has 8 aromatic carbocycles. The van der Waals surface area contributed by atoms with Crippen molar-refractivity contribution in [3.8, 4) is 82.0 Å². The second kappa shape index (κ2) is 48.3. The molecule has 0 aliphatic carbocycles. The minimum absolute atomic E-state index is 0.277. The van der Waals surface area contributed by atoms with E-state index in [0.717, 1.165) is 184 Å². The molecule has 4 aliphatic rings. The molecule has 4 fully saturated rings. The van der Waals surface area contributed by atoms with E-state index in [4.69, 9.17) is 85.2 Å². The molecule has 604 valence electrons. The summed E-state index contributed by atoms with van der Waals surface area (Å²) in [5.41, 5.74) is 52.8. The van der Waals surface area contributed by atoms with Crippen LogP contribution in [0.15, 0.2) is 180 Å². The van der Waals surface area contributed by atoms with Gasteiger partial charge in [0.2, 0.25) is 0 Å². The molecule has 0 saturated carbocycles. The van der Waals surface area contributed by atoms with Crippen LogP contribution in [-0.4, -0.2) is 226 Å². The molecular formula is C86H114N22O6. The highest BCUT2D eigenvalue weighted by Crippen LogP contribution is 2.31. The van der Waals surface area contributed by atoms with Crippen LogP contribution in [0.25, 0.3) is 65.7 Å². The number of azide groups is 2. The Bertz CT molecular complexity index is 4570. The van der Waals surface area contributed by atoms with E-state index < -0.39 is 0 Å². The lowest BCUT2D eigenvalue weighted by molar-refractivity contribution is 0.313. The van der Waals surface area contributed by atoms with Crippen LogP contribution in [0, 0.1) is 24.7 Å². The van der Waals surface area contributed by atoms with Crippen molar-refractivity contribution in [2.75, 3.05) is 229 Å². The molecule has 6 heterocycles. The molecule has 14 rings (SSSR count). The average molecular weight is 1550 g/mol. The zero-order chi connectivity index (χ0) is 82.0. The molecule has 0 radical (unpaired) electrons. The Labute approximate surface area is 672 Å². The first-order valence-corrected chi connectivity index (χ1v) is 38.4. The molecule has 10 N–H and O–H groups in total. The maximum absolute atomic E-state index is 8.28. The molecule has 28 nitrogen and oxygen atoms in total. The summed E-state index contributed by atoms with van der Waals surface area (Å²) >= 11 is 0. The monoisotopic (exact) mass is 1550 g/mol. The van der Waals surface area contributed by atoms with Gasteiger partial charge in [-0.3, -0.25) is 0 Å². The van der Waals surface area contributed by atoms with Gasteiger partial charge in [-0.15, -0.1) is 12.8 Å². The van der Waals surface area contributed by atoms with Crippen LogP contribution in [-0.2, 0) is 0 Å². The highest BCUT2D eigenvalue weighted by atomic mass is 16.5. The number of benzene rings is 8. The number of nitrogens with zero attached hydrogens (tertiary/aromatic N) is 16. The molecule has 2 aromatic heterocycles. The predicted molar refractivity (Wildman–Crippen MR) is 469 cm³/mol. The lowest BCUT2D eigenvalue weighted by atomic mass is 10.2. The van der Waals surface area contributed by atoms with Crippen molar-refractivity contribution < 1.29 is 28.4 Å². The van der Waals surface area contributed by atoms with Gasteiger partial charge in [-0.1, -0.05) is 49.8 Å². The highest BCUT2D eigenvalue weighted by Gasteiger charge is 2.20. The largest absolute Gasteiger partial charge is 0.497 e. The molecule has 0 spiro atoms. The third-order valence-electron chi connectivity index (χ3n) is 18.6. The van der Waals surface area contributed by atoms with E-state index in [0.29, 0.717) is 55.7 Å². The van der Waals surface area contributed by atoms with E-state index in [9.17, 15) is 0 Å². The maximum Gasteiger partial charge on any atom is 0.148 e. The Kier molecular flexibility index (Phi) is 37.6. The summed E-state index contributed by atoms with van der Waals surface area (Å²) in [4.78, 5) is 40.6. The topological polar surface area (TPSA) is 340 Å². The molecule has 0 atom stereocenters. The van der Waals surface area contributed by atoms with Gasteiger partial charge in [-0.05, 0) is 209 Å². The summed E-state index contributed by atoms with van der Waals surface area (Å²) in [7, 11) is 11.9. The first kappa shape index (κ1) is 88.7. The minimum atomic E-state index is 0.277. The van der Waals surface area contributed by atoms with Crippen molar-refractivity contribution >= 4 is 67.6 Å². The summed E-state index contributed by atoms with van der Waals surface area (Å²) in [5, 5.41) is 6.81. The number of aromatic nitrogens is 4. The predicted octanol–water partition coefficient (Wildman–Crippen LogP) is 14.0. The smallest absolute Gasteiger partial charge is 0.148 e. The van der Waals surface area contributed by atoms with E-state index in [1.165, 1.54) is 22.7 Å². The fourth-order valence-corrected chi connectivity index (χ4v) is 11.9. The van der Waals surface area contributed by atoms with Crippen LogP contribution >= 0.6 is 0 Å². The fourth-order valence-electron chi connectivity index (χ4n) is 11.9. The van der Waals surface area contributed by atoms with Crippen molar-refractivity contribution in [1.82, 2.24) is 39.5 Å². The molecule has 10 aromatic rings. The van der Waals surface area contributed by atoms with Gasteiger partial charge >= 0.3 is 0 Å². The molecule has 28 heteroatoms. The second-order valence-corrected chi connectivity index (χ2v) is 26.4. The number of nitrogen functional groups attached to an aromatic ring is 4. The normalized spacial score (nSPS) is 14.0. The van der Waals surface area contributed by atoms with Crippen LogP contribution < -0.4 is 71.0 Å². The average Bonchev–Trinajstić information content (AvgIpc) is 1.66. The van der Waals surface area contributed by atoms with E-state index in [1.54, 1.807) is 26.4 Å². The molecule has 0 unspecified atom stereocenters. The molecule has 4 aliphatic heterocycles. The highest BCUT2D eigenvalue weighted by molar-refractivity contribution is 5.84. The van der Waals surface area contributed by atoms with Gasteiger partial charge in [0, 0.05) is 148 Å². The summed E-state index contributed by atoms with van der Waals surface area (Å²) in [6.45, 7) is 27.2. The second-order valence-electron chi connectivity index (χ2n) is 26.4.